The van der Waals surface area contributed by atoms with Crippen molar-refractivity contribution in [1.29, 1.82) is 0 Å². The molecule has 1 saturated heterocycles. The Morgan fingerprint density at radius 2 is 1.68 bits per heavy atom. The van der Waals surface area contributed by atoms with Gasteiger partial charge in [-0.25, -0.2) is 0 Å². The molecule has 1 atom stereocenters. The minimum absolute atomic E-state index is 0.0356. The highest BCUT2D eigenvalue weighted by Gasteiger charge is 2.46. The molecule has 1 aliphatic rings. The van der Waals surface area contributed by atoms with Crippen LogP contribution in [0.3, 0.4) is 0 Å². The number of hydrogen-bond acceptors (Lipinski definition) is 7. The van der Waals surface area contributed by atoms with E-state index >= 15 is 0 Å². The van der Waals surface area contributed by atoms with Gasteiger partial charge in [0.2, 0.25) is 0 Å². The lowest BCUT2D eigenvalue weighted by Gasteiger charge is -2.27. The average Bonchev–Trinajstić information content (AvgIpc) is 3.24. The Kier molecular flexibility index (Phi) is 10.0. The Bertz CT molecular complexity index is 1370. The summed E-state index contributed by atoms with van der Waals surface area (Å²) in [5.41, 5.74) is 2.13. The lowest BCUT2D eigenvalue weighted by molar-refractivity contribution is -0.140. The summed E-state index contributed by atoms with van der Waals surface area (Å²) in [6.45, 7) is 3.90. The number of aliphatic hydroxyl groups excluding tert-OH is 1. The summed E-state index contributed by atoms with van der Waals surface area (Å²) in [7, 11) is 5.35. The quantitative estimate of drug-likeness (QED) is 0.129. The molecule has 1 N–H and O–H groups in total. The number of nitrogens with zero attached hydrogens (tertiary/aromatic N) is 2. The van der Waals surface area contributed by atoms with Crippen LogP contribution in [0, 0.1) is 0 Å². The number of benzene rings is 3. The van der Waals surface area contributed by atoms with E-state index < -0.39 is 17.7 Å². The van der Waals surface area contributed by atoms with Gasteiger partial charge in [0.15, 0.2) is 11.5 Å². The van der Waals surface area contributed by atoms with Crippen LogP contribution in [0.25, 0.3) is 5.76 Å². The van der Waals surface area contributed by atoms with E-state index in [0.717, 1.165) is 18.4 Å². The molecular weight excluding hydrogens is 520 g/mol. The molecule has 1 aliphatic heterocycles. The molecule has 1 amide bonds. The number of carbonyl (C=O) groups is 2. The number of likely N-dealkylation sites (tertiary alicyclic amines) is 1. The zero-order valence-corrected chi connectivity index (χ0v) is 24.1. The summed E-state index contributed by atoms with van der Waals surface area (Å²) in [6, 6.07) is 21.2. The standard InChI is InChI=1S/C33H38N2O6/c1-5-6-20-40-27-17-14-25(21-28(27)39-4)30-29(32(37)33(38)35(30)19-18-34(2)3)31(36)24-12-15-26(16-13-24)41-22-23-10-8-7-9-11-23/h7-17,21,30,36H,5-6,18-20,22H2,1-4H3/b31-29+. The van der Waals surface area contributed by atoms with Crippen LogP contribution in [-0.2, 0) is 16.2 Å². The van der Waals surface area contributed by atoms with Gasteiger partial charge in [-0.15, -0.1) is 0 Å². The minimum Gasteiger partial charge on any atom is -0.507 e. The van der Waals surface area contributed by atoms with Gasteiger partial charge in [-0.3, -0.25) is 9.59 Å². The molecule has 0 spiro atoms. The van der Waals surface area contributed by atoms with E-state index in [9.17, 15) is 14.7 Å². The Morgan fingerprint density at radius 1 is 0.951 bits per heavy atom. The van der Waals surface area contributed by atoms with E-state index in [0.29, 0.717) is 54.7 Å². The zero-order chi connectivity index (χ0) is 29.4. The fourth-order valence-corrected chi connectivity index (χ4v) is 4.67. The third-order valence-electron chi connectivity index (χ3n) is 6.96. The lowest BCUT2D eigenvalue weighted by atomic mass is 9.95. The van der Waals surface area contributed by atoms with Gasteiger partial charge >= 0.3 is 0 Å². The highest BCUT2D eigenvalue weighted by molar-refractivity contribution is 6.46. The van der Waals surface area contributed by atoms with Crippen LogP contribution in [0.5, 0.6) is 17.2 Å². The molecule has 3 aromatic rings. The number of methoxy groups -OCH3 is 1. The van der Waals surface area contributed by atoms with Crippen LogP contribution in [0.4, 0.5) is 0 Å². The average molecular weight is 559 g/mol. The van der Waals surface area contributed by atoms with Crippen molar-refractivity contribution < 1.29 is 28.9 Å². The summed E-state index contributed by atoms with van der Waals surface area (Å²) in [5.74, 6) is 0.0912. The molecule has 41 heavy (non-hydrogen) atoms. The highest BCUT2D eigenvalue weighted by atomic mass is 16.5. The molecule has 3 aromatic carbocycles. The highest BCUT2D eigenvalue weighted by Crippen LogP contribution is 2.42. The van der Waals surface area contributed by atoms with Crippen LogP contribution >= 0.6 is 0 Å². The second kappa shape index (κ2) is 13.9. The van der Waals surface area contributed by atoms with Crippen molar-refractivity contribution in [3.05, 3.63) is 95.1 Å². The number of Topliss-reactive ketones (excluding diaryl/α,β-unsaturated/α-hetero) is 1. The predicted molar refractivity (Wildman–Crippen MR) is 158 cm³/mol. The molecule has 1 unspecified atom stereocenters. The maximum atomic E-state index is 13.4. The Labute approximate surface area is 241 Å². The van der Waals surface area contributed by atoms with Gasteiger partial charge in [0.1, 0.15) is 18.1 Å². The van der Waals surface area contributed by atoms with Crippen molar-refractivity contribution >= 4 is 17.4 Å². The van der Waals surface area contributed by atoms with E-state index in [1.807, 2.05) is 55.4 Å². The second-order valence-electron chi connectivity index (χ2n) is 10.2. The van der Waals surface area contributed by atoms with E-state index in [1.54, 1.807) is 43.5 Å². The van der Waals surface area contributed by atoms with Crippen LogP contribution in [0.1, 0.15) is 42.5 Å². The number of amides is 1. The van der Waals surface area contributed by atoms with Crippen LogP contribution in [0.15, 0.2) is 78.4 Å². The van der Waals surface area contributed by atoms with Crippen molar-refractivity contribution in [3.63, 3.8) is 0 Å². The molecule has 0 aromatic heterocycles. The van der Waals surface area contributed by atoms with Crippen molar-refractivity contribution in [2.45, 2.75) is 32.4 Å². The molecule has 1 fully saturated rings. The number of carbonyl (C=O) groups excluding carboxylic acids is 2. The van der Waals surface area contributed by atoms with Crippen LogP contribution in [0.2, 0.25) is 0 Å². The fourth-order valence-electron chi connectivity index (χ4n) is 4.67. The second-order valence-corrected chi connectivity index (χ2v) is 10.2. The minimum atomic E-state index is -0.789. The molecule has 1 heterocycles. The maximum Gasteiger partial charge on any atom is 0.295 e. The number of aliphatic hydroxyl groups is 1. The van der Waals surface area contributed by atoms with E-state index in [1.165, 1.54) is 4.90 Å². The van der Waals surface area contributed by atoms with E-state index in [-0.39, 0.29) is 11.3 Å². The van der Waals surface area contributed by atoms with Gasteiger partial charge in [0, 0.05) is 18.7 Å². The van der Waals surface area contributed by atoms with Gasteiger partial charge < -0.3 is 29.1 Å². The van der Waals surface area contributed by atoms with Gasteiger partial charge in [-0.1, -0.05) is 49.7 Å². The summed E-state index contributed by atoms with van der Waals surface area (Å²) >= 11 is 0. The number of ether oxygens (including phenoxy) is 3. The Morgan fingerprint density at radius 3 is 2.34 bits per heavy atom. The molecular formula is C33H38N2O6. The van der Waals surface area contributed by atoms with Gasteiger partial charge in [0.25, 0.3) is 11.7 Å². The molecule has 0 radical (unpaired) electrons. The van der Waals surface area contributed by atoms with Gasteiger partial charge in [-0.2, -0.15) is 0 Å². The Hall–Kier alpha value is -4.30. The SMILES string of the molecule is CCCCOc1ccc(C2/C(=C(\O)c3ccc(OCc4ccccc4)cc3)C(=O)C(=O)N2CCN(C)C)cc1OC. The van der Waals surface area contributed by atoms with E-state index in [4.69, 9.17) is 14.2 Å². The fraction of sp³-hybridized carbons (Fsp3) is 0.333. The molecule has 4 rings (SSSR count). The number of rotatable bonds is 13. The first-order valence-electron chi connectivity index (χ1n) is 13.8. The number of likely N-dealkylation sites (N-methyl/N-ethyl adjacent to an activating group) is 1. The van der Waals surface area contributed by atoms with Crippen molar-refractivity contribution in [2.24, 2.45) is 0 Å². The largest absolute Gasteiger partial charge is 0.507 e. The first-order chi connectivity index (χ1) is 19.8. The number of ketones is 1. The Balaban J connectivity index is 1.68. The van der Waals surface area contributed by atoms with Crippen molar-refractivity contribution in [3.8, 4) is 17.2 Å². The van der Waals surface area contributed by atoms with Gasteiger partial charge in [-0.05, 0) is 68.0 Å². The summed E-state index contributed by atoms with van der Waals surface area (Å²) in [6.07, 6.45) is 1.91. The molecule has 216 valence electrons. The third kappa shape index (κ3) is 7.08. The summed E-state index contributed by atoms with van der Waals surface area (Å²) in [4.78, 5) is 30.1. The maximum absolute atomic E-state index is 13.4. The third-order valence-corrected chi connectivity index (χ3v) is 6.96. The first kappa shape index (κ1) is 29.7. The van der Waals surface area contributed by atoms with Crippen molar-refractivity contribution in [1.82, 2.24) is 9.80 Å². The predicted octanol–water partition coefficient (Wildman–Crippen LogP) is 5.44. The van der Waals surface area contributed by atoms with Crippen LogP contribution in [-0.4, -0.2) is 67.5 Å². The lowest BCUT2D eigenvalue weighted by Crippen LogP contribution is -2.35. The van der Waals surface area contributed by atoms with Crippen LogP contribution < -0.4 is 14.2 Å². The number of unbranched alkanes of at least 4 members (excludes halogenated alkanes) is 1. The smallest absolute Gasteiger partial charge is 0.295 e. The molecule has 8 heteroatoms. The topological polar surface area (TPSA) is 88.5 Å². The van der Waals surface area contributed by atoms with E-state index in [2.05, 4.69) is 6.92 Å². The monoisotopic (exact) mass is 558 g/mol. The zero-order valence-electron chi connectivity index (χ0n) is 24.1. The summed E-state index contributed by atoms with van der Waals surface area (Å²) < 4.78 is 17.3. The molecule has 0 bridgehead atoms. The summed E-state index contributed by atoms with van der Waals surface area (Å²) in [5, 5.41) is 11.4. The first-order valence-corrected chi connectivity index (χ1v) is 13.8. The molecule has 8 nitrogen and oxygen atoms in total. The normalized spacial score (nSPS) is 16.3. The van der Waals surface area contributed by atoms with Crippen molar-refractivity contribution in [2.75, 3.05) is 40.9 Å². The number of hydrogen-bond donors (Lipinski definition) is 1. The molecule has 0 saturated carbocycles. The molecule has 0 aliphatic carbocycles. The van der Waals surface area contributed by atoms with Gasteiger partial charge in [0.05, 0.1) is 25.3 Å².